The summed E-state index contributed by atoms with van der Waals surface area (Å²) in [6.45, 7) is 0.0131. The van der Waals surface area contributed by atoms with Crippen molar-refractivity contribution < 1.29 is 19.0 Å². The number of carbonyl (C=O) groups excluding carboxylic acids is 1. The molecular weight excluding hydrogens is 232 g/mol. The predicted octanol–water partition coefficient (Wildman–Crippen LogP) is 2.15. The molecule has 0 spiro atoms. The van der Waals surface area contributed by atoms with E-state index in [4.69, 9.17) is 21.1 Å². The van der Waals surface area contributed by atoms with Crippen LogP contribution in [0.15, 0.2) is 18.2 Å². The van der Waals surface area contributed by atoms with Gasteiger partial charge in [0.25, 0.3) is 0 Å². The molecule has 4 nitrogen and oxygen atoms in total. The second-order valence-electron chi connectivity index (χ2n) is 3.02. The maximum absolute atomic E-state index is 11.7. The van der Waals surface area contributed by atoms with Crippen LogP contribution in [0.5, 0.6) is 5.75 Å². The highest BCUT2D eigenvalue weighted by Gasteiger charge is 2.12. The lowest BCUT2D eigenvalue weighted by Gasteiger charge is -2.08. The molecule has 0 aliphatic heterocycles. The number of ether oxygens (including phenoxy) is 3. The smallest absolute Gasteiger partial charge is 0.192 e. The van der Waals surface area contributed by atoms with E-state index in [9.17, 15) is 4.79 Å². The van der Waals surface area contributed by atoms with Gasteiger partial charge in [-0.05, 0) is 18.2 Å². The molecule has 0 bridgehead atoms. The van der Waals surface area contributed by atoms with Gasteiger partial charge in [-0.25, -0.2) is 0 Å². The van der Waals surface area contributed by atoms with Gasteiger partial charge in [0.15, 0.2) is 5.78 Å². The molecule has 0 saturated heterocycles. The molecule has 0 fully saturated rings. The zero-order chi connectivity index (χ0) is 12.0. The van der Waals surface area contributed by atoms with E-state index in [0.29, 0.717) is 16.3 Å². The van der Waals surface area contributed by atoms with E-state index >= 15 is 0 Å². The second-order valence-corrected chi connectivity index (χ2v) is 3.46. The minimum Gasteiger partial charge on any atom is -0.496 e. The summed E-state index contributed by atoms with van der Waals surface area (Å²) in [6, 6.07) is 4.86. The fraction of sp³-hybridized carbons (Fsp3) is 0.364. The molecular formula is C11H13ClO4. The van der Waals surface area contributed by atoms with Crippen molar-refractivity contribution in [2.75, 3.05) is 27.6 Å². The maximum atomic E-state index is 11.7. The highest BCUT2D eigenvalue weighted by molar-refractivity contribution is 6.31. The van der Waals surface area contributed by atoms with Crippen LogP contribution in [0.25, 0.3) is 0 Å². The summed E-state index contributed by atoms with van der Waals surface area (Å²) in [5.41, 5.74) is 0.408. The second kappa shape index (κ2) is 6.48. The van der Waals surface area contributed by atoms with Crippen molar-refractivity contribution in [3.05, 3.63) is 28.8 Å². The number of methoxy groups -OCH3 is 2. The number of halogens is 1. The molecule has 1 aromatic carbocycles. The Morgan fingerprint density at radius 1 is 1.38 bits per heavy atom. The minimum absolute atomic E-state index is 0.0649. The number of hydrogen-bond acceptors (Lipinski definition) is 4. The largest absolute Gasteiger partial charge is 0.496 e. The van der Waals surface area contributed by atoms with Crippen LogP contribution >= 0.6 is 11.6 Å². The van der Waals surface area contributed by atoms with Gasteiger partial charge in [0.05, 0.1) is 12.7 Å². The van der Waals surface area contributed by atoms with E-state index in [1.807, 2.05) is 0 Å². The van der Waals surface area contributed by atoms with Gasteiger partial charge in [0, 0.05) is 12.1 Å². The maximum Gasteiger partial charge on any atom is 0.192 e. The number of Topliss-reactive ketones (excluding diaryl/α,β-unsaturated/α-hetero) is 1. The van der Waals surface area contributed by atoms with Gasteiger partial charge in [0.2, 0.25) is 0 Å². The lowest BCUT2D eigenvalue weighted by molar-refractivity contribution is -0.0238. The zero-order valence-electron chi connectivity index (χ0n) is 9.16. The van der Waals surface area contributed by atoms with Crippen LogP contribution < -0.4 is 4.74 Å². The lowest BCUT2D eigenvalue weighted by atomic mass is 10.1. The molecule has 88 valence electrons. The number of benzene rings is 1. The number of carbonyl (C=O) groups is 1. The topological polar surface area (TPSA) is 44.8 Å². The lowest BCUT2D eigenvalue weighted by Crippen LogP contribution is -2.11. The van der Waals surface area contributed by atoms with E-state index < -0.39 is 0 Å². The number of rotatable bonds is 6. The molecule has 16 heavy (non-hydrogen) atoms. The summed E-state index contributed by atoms with van der Waals surface area (Å²) in [7, 11) is 2.99. The Kier molecular flexibility index (Phi) is 5.25. The fourth-order valence-corrected chi connectivity index (χ4v) is 1.37. The van der Waals surface area contributed by atoms with Crippen LogP contribution in [0, 0.1) is 0 Å². The zero-order valence-corrected chi connectivity index (χ0v) is 9.91. The molecule has 1 rings (SSSR count). The van der Waals surface area contributed by atoms with Gasteiger partial charge in [-0.3, -0.25) is 4.79 Å². The quantitative estimate of drug-likeness (QED) is 0.437. The molecule has 0 aliphatic rings. The van der Waals surface area contributed by atoms with Gasteiger partial charge in [-0.15, -0.1) is 0 Å². The van der Waals surface area contributed by atoms with Crippen LogP contribution in [-0.2, 0) is 9.47 Å². The summed E-state index contributed by atoms with van der Waals surface area (Å²) < 4.78 is 14.7. The molecule has 0 atom stereocenters. The molecule has 5 heteroatoms. The third kappa shape index (κ3) is 3.48. The molecule has 0 amide bonds. The first kappa shape index (κ1) is 13.0. The van der Waals surface area contributed by atoms with Crippen molar-refractivity contribution in [1.29, 1.82) is 0 Å². The molecule has 0 aliphatic carbocycles. The van der Waals surface area contributed by atoms with E-state index in [2.05, 4.69) is 4.74 Å². The molecule has 0 N–H and O–H groups in total. The van der Waals surface area contributed by atoms with E-state index in [0.717, 1.165) is 0 Å². The van der Waals surface area contributed by atoms with Crippen molar-refractivity contribution >= 4 is 17.4 Å². The Morgan fingerprint density at radius 2 is 2.12 bits per heavy atom. The first-order valence-electron chi connectivity index (χ1n) is 4.62. The average molecular weight is 245 g/mol. The average Bonchev–Trinajstić information content (AvgIpc) is 2.29. The van der Waals surface area contributed by atoms with Crippen molar-refractivity contribution in [3.8, 4) is 5.75 Å². The van der Waals surface area contributed by atoms with Crippen LogP contribution in [0.2, 0.25) is 5.02 Å². The summed E-state index contributed by atoms with van der Waals surface area (Å²) in [5.74, 6) is 0.284. The first-order valence-corrected chi connectivity index (χ1v) is 5.00. The van der Waals surface area contributed by atoms with Crippen LogP contribution in [-0.4, -0.2) is 33.4 Å². The predicted molar refractivity (Wildman–Crippen MR) is 60.2 cm³/mol. The Hall–Kier alpha value is -1.10. The van der Waals surface area contributed by atoms with Crippen LogP contribution in [0.1, 0.15) is 10.4 Å². The molecule has 0 heterocycles. The molecule has 1 aromatic rings. The molecule has 0 radical (unpaired) electrons. The van der Waals surface area contributed by atoms with Crippen molar-refractivity contribution in [1.82, 2.24) is 0 Å². The van der Waals surface area contributed by atoms with E-state index in [-0.39, 0.29) is 19.2 Å². The SMILES string of the molecule is COCOCC(=O)c1cc(Cl)ccc1OC. The Bertz CT molecular complexity index is 365. The molecule has 0 saturated carbocycles. The standard InChI is InChI=1S/C11H13ClO4/c1-14-7-16-6-10(13)9-5-8(12)3-4-11(9)15-2/h3-5H,6-7H2,1-2H3. The minimum atomic E-state index is -0.198. The highest BCUT2D eigenvalue weighted by Crippen LogP contribution is 2.23. The van der Waals surface area contributed by atoms with Crippen molar-refractivity contribution in [3.63, 3.8) is 0 Å². The number of ketones is 1. The van der Waals surface area contributed by atoms with Crippen molar-refractivity contribution in [2.45, 2.75) is 0 Å². The summed E-state index contributed by atoms with van der Waals surface area (Å²) in [5, 5.41) is 0.482. The summed E-state index contributed by atoms with van der Waals surface area (Å²) >= 11 is 5.81. The van der Waals surface area contributed by atoms with Gasteiger partial charge in [-0.2, -0.15) is 0 Å². The Morgan fingerprint density at radius 3 is 2.75 bits per heavy atom. The van der Waals surface area contributed by atoms with Gasteiger partial charge >= 0.3 is 0 Å². The highest BCUT2D eigenvalue weighted by atomic mass is 35.5. The monoisotopic (exact) mass is 244 g/mol. The number of hydrogen-bond donors (Lipinski definition) is 0. The third-order valence-corrected chi connectivity index (χ3v) is 2.13. The Balaban J connectivity index is 2.76. The summed E-state index contributed by atoms with van der Waals surface area (Å²) in [6.07, 6.45) is 0. The van der Waals surface area contributed by atoms with Crippen molar-refractivity contribution in [2.24, 2.45) is 0 Å². The Labute approximate surface area is 99.1 Å². The van der Waals surface area contributed by atoms with Gasteiger partial charge < -0.3 is 14.2 Å². The van der Waals surface area contributed by atoms with Crippen LogP contribution in [0.4, 0.5) is 0 Å². The van der Waals surface area contributed by atoms with Gasteiger partial charge in [-0.1, -0.05) is 11.6 Å². The molecule has 0 aromatic heterocycles. The van der Waals surface area contributed by atoms with Crippen LogP contribution in [0.3, 0.4) is 0 Å². The van der Waals surface area contributed by atoms with E-state index in [1.165, 1.54) is 14.2 Å². The molecule has 0 unspecified atom stereocenters. The normalized spacial score (nSPS) is 10.2. The van der Waals surface area contributed by atoms with E-state index in [1.54, 1.807) is 18.2 Å². The first-order chi connectivity index (χ1) is 7.69. The fourth-order valence-electron chi connectivity index (χ4n) is 1.19. The third-order valence-electron chi connectivity index (χ3n) is 1.90. The van der Waals surface area contributed by atoms with Gasteiger partial charge in [0.1, 0.15) is 19.1 Å². The summed E-state index contributed by atoms with van der Waals surface area (Å²) in [4.78, 5) is 11.7.